The molecule has 3 heterocycles. The maximum absolute atomic E-state index is 6.40. The number of benzene rings is 4. The topological polar surface area (TPSA) is 22.5 Å². The van der Waals surface area contributed by atoms with Gasteiger partial charge in [-0.25, -0.2) is 0 Å². The molecule has 142 valence electrons. The van der Waals surface area contributed by atoms with E-state index in [1.54, 1.807) is 0 Å². The van der Waals surface area contributed by atoms with Crippen molar-refractivity contribution >= 4 is 49.5 Å². The van der Waals surface area contributed by atoms with Gasteiger partial charge in [0, 0.05) is 16.2 Å². The fourth-order valence-corrected chi connectivity index (χ4v) is 4.85. The van der Waals surface area contributed by atoms with E-state index >= 15 is 0 Å². The van der Waals surface area contributed by atoms with Crippen LogP contribution in [0.25, 0.3) is 55.2 Å². The number of nitrogens with zero attached hydrogens (tertiary/aromatic N) is 2. The first kappa shape index (κ1) is 15.9. The van der Waals surface area contributed by atoms with Gasteiger partial charge in [0.2, 0.25) is 0 Å². The number of fused-ring (bicyclic) bond motifs is 8. The van der Waals surface area contributed by atoms with E-state index < -0.39 is 0 Å². The number of hydrogen-bond donors (Lipinski definition) is 0. The summed E-state index contributed by atoms with van der Waals surface area (Å²) in [5.41, 5.74) is 8.87. The minimum Gasteiger partial charge on any atom is -0.454 e. The van der Waals surface area contributed by atoms with E-state index in [1.165, 1.54) is 32.9 Å². The Bertz CT molecular complexity index is 1760. The molecule has 0 spiro atoms. The molecule has 3 heteroatoms. The molecule has 0 saturated heterocycles. The average Bonchev–Trinajstić information content (AvgIpc) is 3.42. The molecule has 0 fully saturated rings. The van der Waals surface area contributed by atoms with Gasteiger partial charge in [-0.15, -0.1) is 0 Å². The zero-order valence-electron chi connectivity index (χ0n) is 16.5. The summed E-state index contributed by atoms with van der Waals surface area (Å²) in [5, 5.41) is 3.55. The van der Waals surface area contributed by atoms with Crippen LogP contribution in [0.4, 0.5) is 0 Å². The van der Waals surface area contributed by atoms with Gasteiger partial charge in [0.05, 0.1) is 22.2 Å². The van der Waals surface area contributed by atoms with Crippen LogP contribution >= 0.6 is 0 Å². The Kier molecular flexibility index (Phi) is 2.94. The molecule has 0 N–H and O–H groups in total. The molecular formula is C27H18N2O. The van der Waals surface area contributed by atoms with E-state index in [-0.39, 0.29) is 0 Å². The molecule has 0 amide bonds. The first-order chi connectivity index (χ1) is 14.8. The molecule has 7 aromatic rings. The van der Waals surface area contributed by atoms with Gasteiger partial charge in [0.15, 0.2) is 5.58 Å². The van der Waals surface area contributed by atoms with Crippen LogP contribution in [0.15, 0.2) is 95.4 Å². The molecule has 0 bridgehead atoms. The monoisotopic (exact) mass is 386 g/mol. The van der Waals surface area contributed by atoms with Crippen molar-refractivity contribution in [1.82, 2.24) is 8.97 Å². The average molecular weight is 386 g/mol. The molecule has 4 aromatic carbocycles. The molecule has 0 aliphatic rings. The van der Waals surface area contributed by atoms with Crippen molar-refractivity contribution in [2.24, 2.45) is 0 Å². The molecule has 0 unspecified atom stereocenters. The lowest BCUT2D eigenvalue weighted by atomic mass is 10.1. The van der Waals surface area contributed by atoms with Crippen molar-refractivity contribution in [2.45, 2.75) is 6.92 Å². The summed E-state index contributed by atoms with van der Waals surface area (Å²) < 4.78 is 11.1. The van der Waals surface area contributed by atoms with E-state index in [2.05, 4.69) is 107 Å². The fraction of sp³-hybridized carbons (Fsp3) is 0.0370. The maximum atomic E-state index is 6.40. The molecule has 0 aliphatic carbocycles. The molecule has 3 nitrogen and oxygen atoms in total. The standard InChI is InChI=1S/C27H18N2O/c1-17-13-14-25-20(15-17)19-8-6-12-24(27(19)30-25)29-23-11-5-4-10-22(23)28-21-9-3-2-7-18(21)16-26(28)29/h2-16H,1H3. The van der Waals surface area contributed by atoms with E-state index in [1.807, 2.05) is 0 Å². The summed E-state index contributed by atoms with van der Waals surface area (Å²) in [7, 11) is 0. The molecule has 30 heavy (non-hydrogen) atoms. The normalized spacial score (nSPS) is 12.2. The largest absolute Gasteiger partial charge is 0.454 e. The summed E-state index contributed by atoms with van der Waals surface area (Å²) in [5.74, 6) is 0. The Morgan fingerprint density at radius 1 is 0.667 bits per heavy atom. The SMILES string of the molecule is Cc1ccc2oc3c(-n4c5ccccc5n5c6ccccc6cc45)cccc3c2c1. The van der Waals surface area contributed by atoms with Gasteiger partial charge in [0.25, 0.3) is 0 Å². The van der Waals surface area contributed by atoms with Gasteiger partial charge >= 0.3 is 0 Å². The first-order valence-electron chi connectivity index (χ1n) is 10.2. The summed E-state index contributed by atoms with van der Waals surface area (Å²) in [4.78, 5) is 0. The van der Waals surface area contributed by atoms with Crippen molar-refractivity contribution < 1.29 is 4.42 Å². The van der Waals surface area contributed by atoms with Crippen LogP contribution in [-0.2, 0) is 0 Å². The highest BCUT2D eigenvalue weighted by Crippen LogP contribution is 2.37. The minimum atomic E-state index is 0.923. The van der Waals surface area contributed by atoms with Crippen LogP contribution in [0.1, 0.15) is 5.56 Å². The van der Waals surface area contributed by atoms with E-state index in [0.717, 1.165) is 27.9 Å². The Balaban J connectivity index is 1.70. The predicted octanol–water partition coefficient (Wildman–Crippen LogP) is 7.24. The quantitative estimate of drug-likeness (QED) is 0.291. The van der Waals surface area contributed by atoms with Crippen molar-refractivity contribution in [2.75, 3.05) is 0 Å². The van der Waals surface area contributed by atoms with Crippen molar-refractivity contribution in [3.8, 4) is 5.69 Å². The lowest BCUT2D eigenvalue weighted by Crippen LogP contribution is -1.94. The highest BCUT2D eigenvalue weighted by Gasteiger charge is 2.19. The Hall–Kier alpha value is -3.98. The van der Waals surface area contributed by atoms with Gasteiger partial charge in [-0.3, -0.25) is 8.97 Å². The molecule has 0 atom stereocenters. The number of hydrogen-bond acceptors (Lipinski definition) is 1. The van der Waals surface area contributed by atoms with Crippen LogP contribution in [0, 0.1) is 6.92 Å². The number of aromatic nitrogens is 2. The van der Waals surface area contributed by atoms with Gasteiger partial charge in [0.1, 0.15) is 11.2 Å². The van der Waals surface area contributed by atoms with E-state index in [9.17, 15) is 0 Å². The van der Waals surface area contributed by atoms with Crippen LogP contribution in [-0.4, -0.2) is 8.97 Å². The lowest BCUT2D eigenvalue weighted by Gasteiger charge is -2.06. The fourth-order valence-electron chi connectivity index (χ4n) is 4.85. The molecule has 7 rings (SSSR count). The zero-order chi connectivity index (χ0) is 19.8. The number of para-hydroxylation sites is 4. The van der Waals surface area contributed by atoms with Gasteiger partial charge in [-0.2, -0.15) is 0 Å². The molecule has 0 aliphatic heterocycles. The molecule has 3 aromatic heterocycles. The second-order valence-electron chi connectivity index (χ2n) is 7.98. The van der Waals surface area contributed by atoms with Crippen molar-refractivity contribution in [3.05, 3.63) is 96.6 Å². The smallest absolute Gasteiger partial charge is 0.159 e. The number of furan rings is 1. The molecular weight excluding hydrogens is 368 g/mol. The Morgan fingerprint density at radius 3 is 2.37 bits per heavy atom. The second-order valence-corrected chi connectivity index (χ2v) is 7.98. The lowest BCUT2D eigenvalue weighted by molar-refractivity contribution is 0.666. The third-order valence-corrected chi connectivity index (χ3v) is 6.16. The third kappa shape index (κ3) is 1.94. The predicted molar refractivity (Wildman–Crippen MR) is 124 cm³/mol. The second kappa shape index (κ2) is 5.55. The van der Waals surface area contributed by atoms with Crippen molar-refractivity contribution in [1.29, 1.82) is 0 Å². The highest BCUT2D eigenvalue weighted by molar-refractivity contribution is 6.08. The van der Waals surface area contributed by atoms with Crippen molar-refractivity contribution in [3.63, 3.8) is 0 Å². The summed E-state index contributed by atoms with van der Waals surface area (Å²) >= 11 is 0. The summed E-state index contributed by atoms with van der Waals surface area (Å²) in [6.07, 6.45) is 0. The zero-order valence-corrected chi connectivity index (χ0v) is 16.5. The first-order valence-corrected chi connectivity index (χ1v) is 10.2. The number of imidazole rings is 1. The summed E-state index contributed by atoms with van der Waals surface area (Å²) in [6.45, 7) is 2.12. The third-order valence-electron chi connectivity index (χ3n) is 6.16. The van der Waals surface area contributed by atoms with Gasteiger partial charge in [-0.05, 0) is 49.4 Å². The Morgan fingerprint density at radius 2 is 1.47 bits per heavy atom. The van der Waals surface area contributed by atoms with Crippen LogP contribution in [0.5, 0.6) is 0 Å². The highest BCUT2D eigenvalue weighted by atomic mass is 16.3. The van der Waals surface area contributed by atoms with Crippen LogP contribution in [0.2, 0.25) is 0 Å². The van der Waals surface area contributed by atoms with Crippen LogP contribution < -0.4 is 0 Å². The van der Waals surface area contributed by atoms with E-state index in [4.69, 9.17) is 4.42 Å². The number of aryl methyl sites for hydroxylation is 1. The van der Waals surface area contributed by atoms with Gasteiger partial charge < -0.3 is 4.42 Å². The maximum Gasteiger partial charge on any atom is 0.159 e. The molecule has 0 saturated carbocycles. The van der Waals surface area contributed by atoms with E-state index in [0.29, 0.717) is 0 Å². The van der Waals surface area contributed by atoms with Crippen LogP contribution in [0.3, 0.4) is 0 Å². The molecule has 0 radical (unpaired) electrons. The Labute approximate surface area is 172 Å². The van der Waals surface area contributed by atoms with Gasteiger partial charge in [-0.1, -0.05) is 54.1 Å². The summed E-state index contributed by atoms with van der Waals surface area (Å²) in [6, 6.07) is 32.2. The number of rotatable bonds is 1. The minimum absolute atomic E-state index is 0.923.